The Labute approximate surface area is 176 Å². The number of sulfone groups is 1. The molecule has 3 rings (SSSR count). The van der Waals surface area contributed by atoms with E-state index >= 15 is 0 Å². The number of nitrogens with zero attached hydrogens (tertiary/aromatic N) is 1. The lowest BCUT2D eigenvalue weighted by molar-refractivity contribution is -0.136. The zero-order valence-electron chi connectivity index (χ0n) is 16.2. The normalized spacial score (nSPS) is 27.1. The van der Waals surface area contributed by atoms with E-state index in [1.54, 1.807) is 18.1 Å². The van der Waals surface area contributed by atoms with Gasteiger partial charge >= 0.3 is 0 Å². The summed E-state index contributed by atoms with van der Waals surface area (Å²) in [7, 11) is -1.52. The maximum absolute atomic E-state index is 13.4. The highest BCUT2D eigenvalue weighted by atomic mass is 35.5. The average Bonchev–Trinajstić information content (AvgIpc) is 2.95. The van der Waals surface area contributed by atoms with E-state index in [9.17, 15) is 13.2 Å². The highest BCUT2D eigenvalue weighted by Gasteiger charge is 2.62. The molecule has 8 heteroatoms. The first-order chi connectivity index (χ1) is 13.0. The first-order valence-electron chi connectivity index (χ1n) is 9.22. The van der Waals surface area contributed by atoms with Crippen molar-refractivity contribution in [3.05, 3.63) is 40.4 Å². The molecule has 0 spiro atoms. The summed E-state index contributed by atoms with van der Waals surface area (Å²) in [6.07, 6.45) is 2.18. The van der Waals surface area contributed by atoms with Crippen LogP contribution in [0, 0.1) is 17.3 Å². The SMILES string of the molecule is COc1ccc(CN(C(=O)C2C(C=C(Cl)Cl)C2(C)C)C2CCS(=O)(=O)C2)cc1. The molecule has 1 aromatic carbocycles. The molecule has 2 aliphatic rings. The number of halogens is 2. The number of carbonyl (C=O) groups excluding carboxylic acids is 1. The summed E-state index contributed by atoms with van der Waals surface area (Å²) in [4.78, 5) is 15.2. The largest absolute Gasteiger partial charge is 0.497 e. The van der Waals surface area contributed by atoms with Crippen LogP contribution in [-0.2, 0) is 21.2 Å². The standard InChI is InChI=1S/C20H25Cl2NO4S/c1-20(2)16(10-17(21)22)18(20)19(24)23(14-8-9-28(25,26)12-14)11-13-4-6-15(27-3)7-5-13/h4-7,10,14,16,18H,8-9,11-12H2,1-3H3. The maximum atomic E-state index is 13.4. The molecule has 0 bridgehead atoms. The van der Waals surface area contributed by atoms with Gasteiger partial charge in [-0.05, 0) is 41.5 Å². The summed E-state index contributed by atoms with van der Waals surface area (Å²) >= 11 is 11.6. The molecule has 1 aliphatic heterocycles. The molecule has 0 aromatic heterocycles. The molecule has 3 atom stereocenters. The van der Waals surface area contributed by atoms with Crippen LogP contribution in [0.4, 0.5) is 0 Å². The molecule has 0 radical (unpaired) electrons. The summed E-state index contributed by atoms with van der Waals surface area (Å²) < 4.78 is 29.4. The van der Waals surface area contributed by atoms with Crippen LogP contribution in [0.3, 0.4) is 0 Å². The fourth-order valence-corrected chi connectivity index (χ4v) is 6.11. The van der Waals surface area contributed by atoms with Crippen molar-refractivity contribution in [3.8, 4) is 5.75 Å². The minimum Gasteiger partial charge on any atom is -0.497 e. The molecule has 5 nitrogen and oxygen atoms in total. The van der Waals surface area contributed by atoms with Crippen LogP contribution in [0.25, 0.3) is 0 Å². The lowest BCUT2D eigenvalue weighted by Crippen LogP contribution is -2.42. The van der Waals surface area contributed by atoms with Gasteiger partial charge in [-0.1, -0.05) is 49.2 Å². The highest BCUT2D eigenvalue weighted by Crippen LogP contribution is 2.60. The molecule has 1 saturated heterocycles. The molecule has 28 heavy (non-hydrogen) atoms. The van der Waals surface area contributed by atoms with Gasteiger partial charge in [-0.25, -0.2) is 8.42 Å². The van der Waals surface area contributed by atoms with Crippen molar-refractivity contribution in [2.75, 3.05) is 18.6 Å². The Balaban J connectivity index is 1.86. The number of hydrogen-bond acceptors (Lipinski definition) is 4. The van der Waals surface area contributed by atoms with Gasteiger partial charge in [0.25, 0.3) is 0 Å². The van der Waals surface area contributed by atoms with E-state index in [1.165, 1.54) is 0 Å². The van der Waals surface area contributed by atoms with Crippen LogP contribution in [-0.4, -0.2) is 43.9 Å². The van der Waals surface area contributed by atoms with Crippen molar-refractivity contribution >= 4 is 38.9 Å². The highest BCUT2D eigenvalue weighted by molar-refractivity contribution is 7.91. The number of carbonyl (C=O) groups is 1. The van der Waals surface area contributed by atoms with E-state index in [0.29, 0.717) is 13.0 Å². The molecule has 1 heterocycles. The minimum absolute atomic E-state index is 0.0127. The van der Waals surface area contributed by atoms with E-state index in [0.717, 1.165) is 11.3 Å². The Morgan fingerprint density at radius 2 is 1.93 bits per heavy atom. The molecule has 1 aromatic rings. The summed E-state index contributed by atoms with van der Waals surface area (Å²) in [5.41, 5.74) is 0.668. The van der Waals surface area contributed by atoms with E-state index in [4.69, 9.17) is 27.9 Å². The topological polar surface area (TPSA) is 63.7 Å². The van der Waals surface area contributed by atoms with Gasteiger partial charge in [-0.2, -0.15) is 0 Å². The van der Waals surface area contributed by atoms with Crippen molar-refractivity contribution in [3.63, 3.8) is 0 Å². The molecule has 1 aliphatic carbocycles. The monoisotopic (exact) mass is 445 g/mol. The van der Waals surface area contributed by atoms with Gasteiger partial charge in [0.05, 0.1) is 24.5 Å². The van der Waals surface area contributed by atoms with Crippen molar-refractivity contribution in [1.82, 2.24) is 4.90 Å². The zero-order chi connectivity index (χ0) is 20.7. The summed E-state index contributed by atoms with van der Waals surface area (Å²) in [5, 5.41) is 0. The van der Waals surface area contributed by atoms with Crippen LogP contribution in [0.15, 0.2) is 34.8 Å². The Morgan fingerprint density at radius 3 is 2.43 bits per heavy atom. The zero-order valence-corrected chi connectivity index (χ0v) is 18.5. The van der Waals surface area contributed by atoms with E-state index in [2.05, 4.69) is 0 Å². The Hall–Kier alpha value is -1.24. The molecule has 2 fully saturated rings. The lowest BCUT2D eigenvalue weighted by atomic mass is 10.1. The molecule has 3 unspecified atom stereocenters. The van der Waals surface area contributed by atoms with Gasteiger partial charge in [0.1, 0.15) is 10.2 Å². The van der Waals surface area contributed by atoms with Gasteiger partial charge in [0, 0.05) is 12.6 Å². The second kappa shape index (κ2) is 7.88. The van der Waals surface area contributed by atoms with E-state index < -0.39 is 9.84 Å². The van der Waals surface area contributed by atoms with Crippen LogP contribution in [0.1, 0.15) is 25.8 Å². The third kappa shape index (κ3) is 4.50. The minimum atomic E-state index is -3.11. The number of hydrogen-bond donors (Lipinski definition) is 0. The van der Waals surface area contributed by atoms with Crippen LogP contribution < -0.4 is 4.74 Å². The third-order valence-corrected chi connectivity index (χ3v) is 7.93. The number of methoxy groups -OCH3 is 1. The lowest BCUT2D eigenvalue weighted by Gasteiger charge is -2.29. The second-order valence-corrected chi connectivity index (χ2v) is 11.4. The number of allylic oxidation sites excluding steroid dienone is 1. The molecule has 0 N–H and O–H groups in total. The van der Waals surface area contributed by atoms with Crippen molar-refractivity contribution in [1.29, 1.82) is 0 Å². The smallest absolute Gasteiger partial charge is 0.227 e. The van der Waals surface area contributed by atoms with Crippen LogP contribution in [0.2, 0.25) is 0 Å². The van der Waals surface area contributed by atoms with Gasteiger partial charge in [0.15, 0.2) is 9.84 Å². The first kappa shape index (κ1) is 21.5. The van der Waals surface area contributed by atoms with Crippen molar-refractivity contribution in [2.24, 2.45) is 17.3 Å². The van der Waals surface area contributed by atoms with Crippen LogP contribution >= 0.6 is 23.2 Å². The van der Waals surface area contributed by atoms with Gasteiger partial charge in [-0.15, -0.1) is 0 Å². The van der Waals surface area contributed by atoms with E-state index in [1.807, 2.05) is 38.1 Å². The summed E-state index contributed by atoms with van der Waals surface area (Å²) in [6, 6.07) is 7.15. The van der Waals surface area contributed by atoms with Gasteiger partial charge in [0.2, 0.25) is 5.91 Å². The van der Waals surface area contributed by atoms with Crippen molar-refractivity contribution in [2.45, 2.75) is 32.9 Å². The summed E-state index contributed by atoms with van der Waals surface area (Å²) in [5.74, 6) is 0.505. The molecular formula is C20H25Cl2NO4S. The summed E-state index contributed by atoms with van der Waals surface area (Å²) in [6.45, 7) is 4.37. The van der Waals surface area contributed by atoms with Crippen molar-refractivity contribution < 1.29 is 17.9 Å². The number of ether oxygens (including phenoxy) is 1. The van der Waals surface area contributed by atoms with E-state index in [-0.39, 0.29) is 45.2 Å². The first-order valence-corrected chi connectivity index (χ1v) is 11.8. The van der Waals surface area contributed by atoms with Gasteiger partial charge < -0.3 is 9.64 Å². The fourth-order valence-electron chi connectivity index (χ4n) is 4.11. The maximum Gasteiger partial charge on any atom is 0.227 e. The molecular weight excluding hydrogens is 421 g/mol. The molecule has 1 saturated carbocycles. The Morgan fingerprint density at radius 1 is 1.29 bits per heavy atom. The molecule has 1 amide bonds. The molecule has 154 valence electrons. The number of amides is 1. The van der Waals surface area contributed by atoms with Crippen LogP contribution in [0.5, 0.6) is 5.75 Å². The number of rotatable bonds is 6. The average molecular weight is 446 g/mol. The fraction of sp³-hybridized carbons (Fsp3) is 0.550. The predicted octanol–water partition coefficient (Wildman–Crippen LogP) is 3.80. The Bertz CT molecular complexity index is 876. The van der Waals surface area contributed by atoms with Gasteiger partial charge in [-0.3, -0.25) is 4.79 Å². The third-order valence-electron chi connectivity index (χ3n) is 5.93. The quantitative estimate of drug-likeness (QED) is 0.667. The number of benzene rings is 1. The second-order valence-electron chi connectivity index (χ2n) is 8.15. The predicted molar refractivity (Wildman–Crippen MR) is 111 cm³/mol. The Kier molecular flexibility index (Phi) is 6.04.